The highest BCUT2D eigenvalue weighted by Crippen LogP contribution is 2.33. The number of rotatable bonds is 9. The summed E-state index contributed by atoms with van der Waals surface area (Å²) in [4.78, 5) is 6.39. The number of alkyl halides is 3. The van der Waals surface area contributed by atoms with Crippen LogP contribution in [-0.2, 0) is 19.1 Å². The Morgan fingerprint density at radius 2 is 1.71 bits per heavy atom. The normalized spacial score (nSPS) is 12.1. The molecule has 2 N–H and O–H groups in total. The third kappa shape index (κ3) is 6.52. The Labute approximate surface area is 228 Å². The Morgan fingerprint density at radius 1 is 1.05 bits per heavy atom. The van der Waals surface area contributed by atoms with Crippen LogP contribution in [0.15, 0.2) is 85.3 Å². The number of nitrogens with zero attached hydrogens (tertiary/aromatic N) is 4. The molecule has 0 fully saturated rings. The lowest BCUT2D eigenvalue weighted by Crippen LogP contribution is -2.38. The highest BCUT2D eigenvalue weighted by Gasteiger charge is 2.31. The van der Waals surface area contributed by atoms with E-state index in [4.69, 9.17) is 34.8 Å². The Hall–Kier alpha value is -3.87. The fraction of sp³-hybridized carbons (Fsp3) is 0.179. The molecule has 0 aliphatic rings. The summed E-state index contributed by atoms with van der Waals surface area (Å²) in [5, 5.41) is 9.58. The summed E-state index contributed by atoms with van der Waals surface area (Å²) in [5.41, 5.74) is 9.29. The molecule has 4 rings (SSSR count). The average Bonchev–Trinajstić information content (AvgIpc) is 3.33. The summed E-state index contributed by atoms with van der Waals surface area (Å²) in [7, 11) is 0. The first kappa shape index (κ1) is 27.2. The smallest absolute Gasteiger partial charge is 0.391 e. The van der Waals surface area contributed by atoms with Crippen molar-refractivity contribution in [2.24, 2.45) is 5.73 Å². The number of imidazole rings is 1. The largest absolute Gasteiger partial charge is 0.416 e. The van der Waals surface area contributed by atoms with E-state index in [1.807, 2.05) is 33.7 Å². The van der Waals surface area contributed by atoms with E-state index in [0.29, 0.717) is 35.7 Å². The molecule has 4 aromatic rings. The van der Waals surface area contributed by atoms with E-state index in [-0.39, 0.29) is 4.99 Å². The van der Waals surface area contributed by atoms with Gasteiger partial charge in [0.1, 0.15) is 11.0 Å². The molecule has 0 aliphatic carbocycles. The number of nitriles is 1. The molecule has 1 atom stereocenters. The summed E-state index contributed by atoms with van der Waals surface area (Å²) in [6, 6.07) is 20.8. The van der Waals surface area contributed by atoms with Crippen molar-refractivity contribution < 1.29 is 13.2 Å². The molecule has 0 spiro atoms. The molecular weight excluding hydrogens is 531 g/mol. The minimum absolute atomic E-state index is 0.130. The van der Waals surface area contributed by atoms with E-state index in [1.165, 1.54) is 12.1 Å². The van der Waals surface area contributed by atoms with Crippen LogP contribution < -0.4 is 10.6 Å². The Bertz CT molecular complexity index is 1430. The molecule has 1 unspecified atom stereocenters. The van der Waals surface area contributed by atoms with Crippen LogP contribution in [0.5, 0.6) is 0 Å². The van der Waals surface area contributed by atoms with Crippen LogP contribution in [-0.4, -0.2) is 21.1 Å². The number of benzene rings is 3. The standard InChI is InChI=1S/C28H23ClF3N5S/c29-23-9-11-24(12-10-23)37(26(27(34)38)21-5-7-22(8-6-21)28(30,31)32)14-13-25-16-35-18-36(25)17-20-3-1-19(15-33)2-4-20/h1-12,16,18,26H,13-14,17H2,(H2,34,38). The van der Waals surface area contributed by atoms with Gasteiger partial charge in [-0.3, -0.25) is 0 Å². The number of hydrogen-bond donors (Lipinski definition) is 1. The van der Waals surface area contributed by atoms with Gasteiger partial charge in [0, 0.05) is 42.1 Å². The van der Waals surface area contributed by atoms with Crippen molar-refractivity contribution in [3.05, 3.63) is 118 Å². The molecule has 38 heavy (non-hydrogen) atoms. The van der Waals surface area contributed by atoms with Crippen molar-refractivity contribution >= 4 is 34.5 Å². The van der Waals surface area contributed by atoms with E-state index < -0.39 is 17.8 Å². The topological polar surface area (TPSA) is 70.9 Å². The first-order valence-corrected chi connectivity index (χ1v) is 12.4. The van der Waals surface area contributed by atoms with Crippen LogP contribution in [0, 0.1) is 11.3 Å². The van der Waals surface area contributed by atoms with Gasteiger partial charge in [-0.1, -0.05) is 48.1 Å². The molecule has 0 radical (unpaired) electrons. The monoisotopic (exact) mass is 553 g/mol. The number of anilines is 1. The zero-order valence-electron chi connectivity index (χ0n) is 20.1. The van der Waals surface area contributed by atoms with Gasteiger partial charge in [-0.15, -0.1) is 0 Å². The van der Waals surface area contributed by atoms with Crippen molar-refractivity contribution in [3.8, 4) is 6.07 Å². The molecular formula is C28H23ClF3N5S. The quantitative estimate of drug-likeness (QED) is 0.238. The van der Waals surface area contributed by atoms with E-state index in [1.54, 1.807) is 36.8 Å². The van der Waals surface area contributed by atoms with Crippen molar-refractivity contribution in [2.45, 2.75) is 25.2 Å². The molecule has 1 heterocycles. The maximum atomic E-state index is 13.2. The molecule has 5 nitrogen and oxygen atoms in total. The van der Waals surface area contributed by atoms with E-state index in [9.17, 15) is 13.2 Å². The highest BCUT2D eigenvalue weighted by molar-refractivity contribution is 7.80. The third-order valence-electron chi connectivity index (χ3n) is 6.14. The summed E-state index contributed by atoms with van der Waals surface area (Å²) in [5.74, 6) is 0. The van der Waals surface area contributed by atoms with Crippen molar-refractivity contribution in [3.63, 3.8) is 0 Å². The lowest BCUT2D eigenvalue weighted by atomic mass is 10.0. The van der Waals surface area contributed by atoms with Crippen LogP contribution in [0.1, 0.15) is 34.0 Å². The maximum absolute atomic E-state index is 13.2. The molecule has 0 bridgehead atoms. The molecule has 0 saturated carbocycles. The Kier molecular flexibility index (Phi) is 8.35. The van der Waals surface area contributed by atoms with E-state index in [0.717, 1.165) is 29.1 Å². The number of thiocarbonyl (C=S) groups is 1. The Morgan fingerprint density at radius 3 is 2.29 bits per heavy atom. The second-order valence-electron chi connectivity index (χ2n) is 8.67. The van der Waals surface area contributed by atoms with Gasteiger partial charge in [0.05, 0.1) is 23.5 Å². The molecule has 0 saturated heterocycles. The van der Waals surface area contributed by atoms with Gasteiger partial charge in [-0.05, 0) is 59.7 Å². The molecule has 0 aliphatic heterocycles. The summed E-state index contributed by atoms with van der Waals surface area (Å²) in [6.07, 6.45) is -0.377. The van der Waals surface area contributed by atoms with Gasteiger partial charge in [0.15, 0.2) is 0 Å². The van der Waals surface area contributed by atoms with Crippen LogP contribution in [0.4, 0.5) is 18.9 Å². The Balaban J connectivity index is 1.62. The van der Waals surface area contributed by atoms with Crippen LogP contribution in [0.3, 0.4) is 0 Å². The van der Waals surface area contributed by atoms with Crippen LogP contribution in [0.25, 0.3) is 0 Å². The van der Waals surface area contributed by atoms with Gasteiger partial charge < -0.3 is 15.2 Å². The summed E-state index contributed by atoms with van der Waals surface area (Å²) >= 11 is 11.5. The van der Waals surface area contributed by atoms with E-state index in [2.05, 4.69) is 11.1 Å². The summed E-state index contributed by atoms with van der Waals surface area (Å²) < 4.78 is 41.5. The minimum atomic E-state index is -4.44. The first-order valence-electron chi connectivity index (χ1n) is 11.6. The lowest BCUT2D eigenvalue weighted by molar-refractivity contribution is -0.137. The zero-order chi connectivity index (χ0) is 27.3. The minimum Gasteiger partial charge on any atom is -0.391 e. The number of aromatic nitrogens is 2. The second-order valence-corrected chi connectivity index (χ2v) is 9.57. The van der Waals surface area contributed by atoms with Crippen molar-refractivity contribution in [2.75, 3.05) is 11.4 Å². The lowest BCUT2D eigenvalue weighted by Gasteiger charge is -2.34. The molecule has 0 amide bonds. The van der Waals surface area contributed by atoms with Crippen molar-refractivity contribution in [1.82, 2.24) is 9.55 Å². The fourth-order valence-electron chi connectivity index (χ4n) is 4.21. The predicted molar refractivity (Wildman–Crippen MR) is 146 cm³/mol. The SMILES string of the molecule is N#Cc1ccc(Cn2cncc2CCN(c2ccc(Cl)cc2)C(C(N)=S)c2ccc(C(F)(F)F)cc2)cc1. The van der Waals surface area contributed by atoms with E-state index >= 15 is 0 Å². The van der Waals surface area contributed by atoms with Gasteiger partial charge in [-0.2, -0.15) is 18.4 Å². The average molecular weight is 554 g/mol. The zero-order valence-corrected chi connectivity index (χ0v) is 21.6. The first-order chi connectivity index (χ1) is 18.2. The molecule has 194 valence electrons. The number of hydrogen-bond acceptors (Lipinski definition) is 4. The number of nitrogens with two attached hydrogens (primary N) is 1. The van der Waals surface area contributed by atoms with Crippen molar-refractivity contribution in [1.29, 1.82) is 5.26 Å². The fourth-order valence-corrected chi connectivity index (χ4v) is 4.60. The maximum Gasteiger partial charge on any atom is 0.416 e. The third-order valence-corrected chi connectivity index (χ3v) is 6.61. The van der Waals surface area contributed by atoms with Gasteiger partial charge in [0.25, 0.3) is 0 Å². The van der Waals surface area contributed by atoms with Crippen LogP contribution in [0.2, 0.25) is 5.02 Å². The highest BCUT2D eigenvalue weighted by atomic mass is 35.5. The van der Waals surface area contributed by atoms with Gasteiger partial charge in [0.2, 0.25) is 0 Å². The molecule has 10 heteroatoms. The second kappa shape index (κ2) is 11.7. The molecule has 3 aromatic carbocycles. The number of halogens is 4. The van der Waals surface area contributed by atoms with Gasteiger partial charge >= 0.3 is 6.18 Å². The summed E-state index contributed by atoms with van der Waals surface area (Å²) in [6.45, 7) is 1.02. The van der Waals surface area contributed by atoms with Gasteiger partial charge in [-0.25, -0.2) is 4.98 Å². The predicted octanol–water partition coefficient (Wildman–Crippen LogP) is 6.55. The molecule has 1 aromatic heterocycles. The van der Waals surface area contributed by atoms with Crippen LogP contribution >= 0.6 is 23.8 Å².